The molecule has 2 aromatic rings. The maximum absolute atomic E-state index is 12.7. The van der Waals surface area contributed by atoms with E-state index in [2.05, 4.69) is 21.2 Å². The Balaban J connectivity index is 1.62. The first-order valence-electron chi connectivity index (χ1n) is 10.6. The molecule has 0 radical (unpaired) electrons. The van der Waals surface area contributed by atoms with E-state index in [0.29, 0.717) is 10.7 Å². The van der Waals surface area contributed by atoms with Crippen molar-refractivity contribution in [2.45, 2.75) is 40.0 Å². The largest absolute Gasteiger partial charge is 0.455 e. The predicted molar refractivity (Wildman–Crippen MR) is 129 cm³/mol. The van der Waals surface area contributed by atoms with E-state index >= 15 is 0 Å². The monoisotopic (exact) mass is 520 g/mol. The maximum atomic E-state index is 12.7. The third kappa shape index (κ3) is 5.33. The summed E-state index contributed by atoms with van der Waals surface area (Å²) in [5.41, 5.74) is 4.42. The van der Waals surface area contributed by atoms with Crippen LogP contribution in [0.1, 0.15) is 37.0 Å². The molecule has 1 fully saturated rings. The van der Waals surface area contributed by atoms with E-state index in [1.165, 1.54) is 0 Å². The third-order valence-electron chi connectivity index (χ3n) is 5.58. The van der Waals surface area contributed by atoms with Crippen LogP contribution in [0.15, 0.2) is 34.8 Å². The molecule has 1 heterocycles. The molecule has 1 aliphatic rings. The van der Waals surface area contributed by atoms with Crippen molar-refractivity contribution in [2.75, 3.05) is 23.4 Å². The number of carbonyl (C=O) groups is 3. The third-order valence-corrected chi connectivity index (χ3v) is 6.78. The minimum absolute atomic E-state index is 0.0725. The van der Waals surface area contributed by atoms with Gasteiger partial charge in [-0.1, -0.05) is 43.6 Å². The van der Waals surface area contributed by atoms with E-state index in [-0.39, 0.29) is 18.9 Å². The van der Waals surface area contributed by atoms with Crippen LogP contribution in [0, 0.1) is 12.8 Å². The number of rotatable bonds is 7. The van der Waals surface area contributed by atoms with Gasteiger partial charge in [0.25, 0.3) is 5.91 Å². The summed E-state index contributed by atoms with van der Waals surface area (Å²) in [6.07, 6.45) is 1.66. The van der Waals surface area contributed by atoms with Gasteiger partial charge in [-0.25, -0.2) is 0 Å². The zero-order valence-electron chi connectivity index (χ0n) is 18.3. The standard InChI is InChI=1S/C24H26BrClN2O4/c1-4-15-7-6-8-16(5-2)23(15)28-12-17(10-22(28)30)24(31)32-13-21(29)27-20-11-19(26)18(25)9-14(20)3/h6-9,11,17H,4-5,10,12-13H2,1-3H3,(H,27,29)/t17-/m0/s1. The smallest absolute Gasteiger partial charge is 0.311 e. The molecule has 1 aliphatic heterocycles. The van der Waals surface area contributed by atoms with E-state index < -0.39 is 24.4 Å². The van der Waals surface area contributed by atoms with Crippen molar-refractivity contribution < 1.29 is 19.1 Å². The van der Waals surface area contributed by atoms with E-state index in [1.807, 2.05) is 39.0 Å². The van der Waals surface area contributed by atoms with Gasteiger partial charge in [-0.05, 0) is 64.5 Å². The summed E-state index contributed by atoms with van der Waals surface area (Å²) < 4.78 is 5.96. The van der Waals surface area contributed by atoms with E-state index in [9.17, 15) is 14.4 Å². The fourth-order valence-corrected chi connectivity index (χ4v) is 4.49. The number of esters is 1. The van der Waals surface area contributed by atoms with Crippen molar-refractivity contribution in [1.82, 2.24) is 0 Å². The lowest BCUT2D eigenvalue weighted by Crippen LogP contribution is -2.29. The number of ether oxygens (including phenoxy) is 1. The first kappa shape index (κ1) is 24.3. The first-order chi connectivity index (χ1) is 15.2. The van der Waals surface area contributed by atoms with Gasteiger partial charge in [0.15, 0.2) is 6.61 Å². The lowest BCUT2D eigenvalue weighted by Gasteiger charge is -2.23. The summed E-state index contributed by atoms with van der Waals surface area (Å²) in [5.74, 6) is -1.72. The number of carbonyl (C=O) groups excluding carboxylic acids is 3. The number of hydrogen-bond donors (Lipinski definition) is 1. The average Bonchev–Trinajstić information content (AvgIpc) is 3.16. The second kappa shape index (κ2) is 10.5. The molecule has 0 bridgehead atoms. The fourth-order valence-electron chi connectivity index (χ4n) is 3.87. The molecule has 0 spiro atoms. The highest BCUT2D eigenvalue weighted by molar-refractivity contribution is 9.10. The molecule has 1 N–H and O–H groups in total. The van der Waals surface area contributed by atoms with Crippen LogP contribution in [-0.2, 0) is 32.0 Å². The molecule has 2 amide bonds. The molecule has 0 aromatic heterocycles. The molecule has 0 saturated carbocycles. The number of nitrogens with one attached hydrogen (secondary N) is 1. The number of para-hydroxylation sites is 1. The highest BCUT2D eigenvalue weighted by atomic mass is 79.9. The summed E-state index contributed by atoms with van der Waals surface area (Å²) in [4.78, 5) is 39.3. The number of benzene rings is 2. The molecule has 6 nitrogen and oxygen atoms in total. The Hall–Kier alpha value is -2.38. The van der Waals surface area contributed by atoms with Gasteiger partial charge in [-0.3, -0.25) is 14.4 Å². The maximum Gasteiger partial charge on any atom is 0.311 e. The van der Waals surface area contributed by atoms with Crippen molar-refractivity contribution in [1.29, 1.82) is 0 Å². The predicted octanol–water partition coefficient (Wildman–Crippen LogP) is 5.07. The Morgan fingerprint density at radius 1 is 1.22 bits per heavy atom. The van der Waals surface area contributed by atoms with Crippen LogP contribution in [0.25, 0.3) is 0 Å². The minimum atomic E-state index is -0.603. The first-order valence-corrected chi connectivity index (χ1v) is 11.7. The van der Waals surface area contributed by atoms with Crippen molar-refractivity contribution >= 4 is 56.7 Å². The minimum Gasteiger partial charge on any atom is -0.455 e. The lowest BCUT2D eigenvalue weighted by molar-refractivity contribution is -0.151. The zero-order chi connectivity index (χ0) is 23.4. The van der Waals surface area contributed by atoms with Crippen molar-refractivity contribution in [3.63, 3.8) is 0 Å². The molecule has 32 heavy (non-hydrogen) atoms. The Kier molecular flexibility index (Phi) is 7.96. The van der Waals surface area contributed by atoms with Gasteiger partial charge in [0.05, 0.1) is 10.9 Å². The second-order valence-corrected chi connectivity index (χ2v) is 9.04. The number of aryl methyl sites for hydroxylation is 3. The van der Waals surface area contributed by atoms with Crippen LogP contribution in [0.4, 0.5) is 11.4 Å². The van der Waals surface area contributed by atoms with Gasteiger partial charge in [0, 0.05) is 28.8 Å². The molecular formula is C24H26BrClN2O4. The fraction of sp³-hybridized carbons (Fsp3) is 0.375. The molecule has 170 valence electrons. The highest BCUT2D eigenvalue weighted by Gasteiger charge is 2.37. The van der Waals surface area contributed by atoms with Crippen LogP contribution in [-0.4, -0.2) is 30.9 Å². The molecule has 0 aliphatic carbocycles. The summed E-state index contributed by atoms with van der Waals surface area (Å²) in [6, 6.07) is 9.43. The summed E-state index contributed by atoms with van der Waals surface area (Å²) in [6.45, 7) is 5.75. The number of nitrogens with zero attached hydrogens (tertiary/aromatic N) is 1. The quantitative estimate of drug-likeness (QED) is 0.516. The van der Waals surface area contributed by atoms with Crippen molar-refractivity contribution in [2.24, 2.45) is 5.92 Å². The van der Waals surface area contributed by atoms with Gasteiger partial charge in [-0.2, -0.15) is 0 Å². The molecule has 1 saturated heterocycles. The second-order valence-electron chi connectivity index (χ2n) is 7.77. The van der Waals surface area contributed by atoms with Gasteiger partial charge in [0.1, 0.15) is 0 Å². The Morgan fingerprint density at radius 3 is 2.50 bits per heavy atom. The van der Waals surface area contributed by atoms with E-state index in [4.69, 9.17) is 16.3 Å². The van der Waals surface area contributed by atoms with Crippen molar-refractivity contribution in [3.05, 3.63) is 56.5 Å². The summed E-state index contributed by atoms with van der Waals surface area (Å²) in [7, 11) is 0. The molecule has 2 aromatic carbocycles. The number of amides is 2. The molecule has 1 atom stereocenters. The SMILES string of the molecule is CCc1cccc(CC)c1N1C[C@@H](C(=O)OCC(=O)Nc2cc(Cl)c(Br)cc2C)CC1=O. The van der Waals surface area contributed by atoms with E-state index in [0.717, 1.165) is 39.7 Å². The van der Waals surface area contributed by atoms with Gasteiger partial charge >= 0.3 is 5.97 Å². The Morgan fingerprint density at radius 2 is 1.88 bits per heavy atom. The molecule has 0 unspecified atom stereocenters. The Labute approximate surface area is 201 Å². The van der Waals surface area contributed by atoms with E-state index in [1.54, 1.807) is 17.0 Å². The van der Waals surface area contributed by atoms with Gasteiger partial charge < -0.3 is 15.0 Å². The van der Waals surface area contributed by atoms with Crippen LogP contribution < -0.4 is 10.2 Å². The molecule has 8 heteroatoms. The zero-order valence-corrected chi connectivity index (χ0v) is 20.7. The molecular weight excluding hydrogens is 496 g/mol. The topological polar surface area (TPSA) is 75.7 Å². The van der Waals surface area contributed by atoms with Gasteiger partial charge in [-0.15, -0.1) is 0 Å². The van der Waals surface area contributed by atoms with Crippen LogP contribution in [0.3, 0.4) is 0 Å². The average molecular weight is 522 g/mol. The number of anilines is 2. The van der Waals surface area contributed by atoms with Crippen LogP contribution in [0.2, 0.25) is 5.02 Å². The molecule has 3 rings (SSSR count). The van der Waals surface area contributed by atoms with Gasteiger partial charge in [0.2, 0.25) is 5.91 Å². The van der Waals surface area contributed by atoms with Crippen LogP contribution >= 0.6 is 27.5 Å². The Bertz CT molecular complexity index is 1030. The normalized spacial score (nSPS) is 15.7. The summed E-state index contributed by atoms with van der Waals surface area (Å²) in [5, 5.41) is 3.16. The number of halogens is 2. The highest BCUT2D eigenvalue weighted by Crippen LogP contribution is 2.33. The van der Waals surface area contributed by atoms with Crippen LogP contribution in [0.5, 0.6) is 0 Å². The summed E-state index contributed by atoms with van der Waals surface area (Å²) >= 11 is 9.42. The lowest BCUT2D eigenvalue weighted by atomic mass is 10.0. The van der Waals surface area contributed by atoms with Crippen molar-refractivity contribution in [3.8, 4) is 0 Å². The number of hydrogen-bond acceptors (Lipinski definition) is 4.